The van der Waals surface area contributed by atoms with E-state index in [1.54, 1.807) is 6.20 Å². The van der Waals surface area contributed by atoms with Crippen molar-refractivity contribution in [3.8, 4) is 0 Å². The number of halogens is 6. The van der Waals surface area contributed by atoms with Gasteiger partial charge in [-0.3, -0.25) is 14.5 Å². The minimum atomic E-state index is -5.06. The van der Waals surface area contributed by atoms with E-state index in [-0.39, 0.29) is 43.9 Å². The highest BCUT2D eigenvalue weighted by Gasteiger charge is 2.43. The van der Waals surface area contributed by atoms with Gasteiger partial charge in [0, 0.05) is 54.3 Å². The van der Waals surface area contributed by atoms with Gasteiger partial charge in [0.05, 0.1) is 17.7 Å². The molecule has 2 atom stereocenters. The summed E-state index contributed by atoms with van der Waals surface area (Å²) in [5.74, 6) is -0.936. The van der Waals surface area contributed by atoms with Gasteiger partial charge in [-0.2, -0.15) is 26.3 Å². The molecule has 3 heterocycles. The fraction of sp³-hybridized carbons (Fsp3) is 0.360. The molecule has 0 radical (unpaired) electrons. The van der Waals surface area contributed by atoms with E-state index in [0.29, 0.717) is 18.6 Å². The standard InChI is InChI=1S/C25H21F6N3O2/c26-24(27,28)16-5-14(6-17(8-16)25(29,30)31)23(36)34-12-18-9-20(35)13-33(18)11-19(34)7-15-10-32-22-4-2-1-3-21(15)22/h1-6,8,10,18-19,32H,7,9,11-13H2/t18-,19+/m0/s1. The van der Waals surface area contributed by atoms with Crippen molar-refractivity contribution in [2.45, 2.75) is 37.3 Å². The third-order valence-electron chi connectivity index (χ3n) is 6.88. The van der Waals surface area contributed by atoms with Gasteiger partial charge in [-0.05, 0) is 36.2 Å². The number of hydrogen-bond acceptors (Lipinski definition) is 3. The number of ketones is 1. The maximum Gasteiger partial charge on any atom is 0.416 e. The molecule has 0 unspecified atom stereocenters. The van der Waals surface area contributed by atoms with Crippen LogP contribution < -0.4 is 0 Å². The number of carbonyl (C=O) groups excluding carboxylic acids is 2. The number of carbonyl (C=O) groups is 2. The molecule has 1 N–H and O–H groups in total. The van der Waals surface area contributed by atoms with Gasteiger partial charge < -0.3 is 9.88 Å². The fourth-order valence-electron chi connectivity index (χ4n) is 5.17. The summed E-state index contributed by atoms with van der Waals surface area (Å²) in [5.41, 5.74) is -2.04. The largest absolute Gasteiger partial charge is 0.416 e. The molecule has 0 saturated carbocycles. The number of nitrogens with one attached hydrogen (secondary N) is 1. The molecule has 11 heteroatoms. The molecule has 3 aromatic rings. The van der Waals surface area contributed by atoms with Gasteiger partial charge in [0.1, 0.15) is 5.78 Å². The average Bonchev–Trinajstić information content (AvgIpc) is 3.38. The van der Waals surface area contributed by atoms with E-state index < -0.39 is 41.0 Å². The summed E-state index contributed by atoms with van der Waals surface area (Å²) in [7, 11) is 0. The average molecular weight is 509 g/mol. The first-order valence-corrected chi connectivity index (χ1v) is 11.3. The van der Waals surface area contributed by atoms with Gasteiger partial charge >= 0.3 is 12.4 Å². The highest BCUT2D eigenvalue weighted by Crippen LogP contribution is 2.37. The molecule has 0 spiro atoms. The van der Waals surface area contributed by atoms with Crippen molar-refractivity contribution in [2.24, 2.45) is 0 Å². The van der Waals surface area contributed by atoms with E-state index in [1.165, 1.54) is 4.90 Å². The number of Topliss-reactive ketones (excluding diaryl/α,β-unsaturated/α-hetero) is 1. The van der Waals surface area contributed by atoms with E-state index in [9.17, 15) is 35.9 Å². The summed E-state index contributed by atoms with van der Waals surface area (Å²) in [6, 6.07) is 7.52. The number of nitrogens with zero attached hydrogens (tertiary/aromatic N) is 2. The molecular weight excluding hydrogens is 488 g/mol. The molecular formula is C25H21F6N3O2. The number of piperazine rings is 1. The zero-order valence-corrected chi connectivity index (χ0v) is 18.8. The first kappa shape index (κ1) is 24.4. The molecule has 2 aromatic carbocycles. The molecule has 2 aliphatic heterocycles. The van der Waals surface area contributed by atoms with Gasteiger partial charge in [0.15, 0.2) is 0 Å². The summed E-state index contributed by atoms with van der Waals surface area (Å²) < 4.78 is 80.4. The Morgan fingerprint density at radius 1 is 0.972 bits per heavy atom. The summed E-state index contributed by atoms with van der Waals surface area (Å²) in [5, 5.41) is 0.906. The van der Waals surface area contributed by atoms with Crippen LogP contribution in [0.1, 0.15) is 33.5 Å². The fourth-order valence-corrected chi connectivity index (χ4v) is 5.17. The Labute approximate surface area is 201 Å². The molecule has 2 saturated heterocycles. The van der Waals surface area contributed by atoms with Crippen molar-refractivity contribution in [2.75, 3.05) is 19.6 Å². The summed E-state index contributed by atoms with van der Waals surface area (Å²) in [6.07, 6.45) is -7.84. The Kier molecular flexibility index (Phi) is 5.85. The Morgan fingerprint density at radius 3 is 2.31 bits per heavy atom. The van der Waals surface area contributed by atoms with Crippen molar-refractivity contribution >= 4 is 22.6 Å². The lowest BCUT2D eigenvalue weighted by atomic mass is 9.97. The molecule has 0 aliphatic carbocycles. The maximum absolute atomic E-state index is 13.5. The smallest absolute Gasteiger partial charge is 0.361 e. The molecule has 2 fully saturated rings. The van der Waals surface area contributed by atoms with E-state index in [4.69, 9.17) is 0 Å². The van der Waals surface area contributed by atoms with Crippen molar-refractivity contribution in [3.63, 3.8) is 0 Å². The second kappa shape index (κ2) is 8.65. The van der Waals surface area contributed by atoms with Gasteiger partial charge in [0.2, 0.25) is 0 Å². The van der Waals surface area contributed by atoms with Gasteiger partial charge in [0.25, 0.3) is 5.91 Å². The number of fused-ring (bicyclic) bond motifs is 2. The van der Waals surface area contributed by atoms with Crippen molar-refractivity contribution < 1.29 is 35.9 Å². The van der Waals surface area contributed by atoms with Crippen molar-refractivity contribution in [1.82, 2.24) is 14.8 Å². The maximum atomic E-state index is 13.5. The predicted molar refractivity (Wildman–Crippen MR) is 118 cm³/mol. The molecule has 190 valence electrons. The summed E-state index contributed by atoms with van der Waals surface area (Å²) in [4.78, 5) is 32.0. The van der Waals surface area contributed by atoms with Gasteiger partial charge in [-0.1, -0.05) is 18.2 Å². The number of hydrogen-bond donors (Lipinski definition) is 1. The minimum Gasteiger partial charge on any atom is -0.361 e. The van der Waals surface area contributed by atoms with E-state index in [1.807, 2.05) is 29.2 Å². The van der Waals surface area contributed by atoms with Crippen LogP contribution in [0.2, 0.25) is 0 Å². The number of para-hydroxylation sites is 1. The van der Waals surface area contributed by atoms with Crippen LogP contribution in [0.25, 0.3) is 10.9 Å². The number of H-pyrrole nitrogens is 1. The molecule has 36 heavy (non-hydrogen) atoms. The van der Waals surface area contributed by atoms with E-state index in [2.05, 4.69) is 4.98 Å². The SMILES string of the molecule is O=C1C[C@H]2CN(C(=O)c3cc(C(F)(F)F)cc(C(F)(F)F)c3)[C@H](Cc3c[nH]c4ccccc34)CN2C1. The zero-order chi connectivity index (χ0) is 25.8. The third-order valence-corrected chi connectivity index (χ3v) is 6.88. The lowest BCUT2D eigenvalue weighted by Crippen LogP contribution is -2.58. The van der Waals surface area contributed by atoms with Gasteiger partial charge in [-0.15, -0.1) is 0 Å². The molecule has 1 aromatic heterocycles. The predicted octanol–water partition coefficient (Wildman–Crippen LogP) is 4.92. The Bertz CT molecular complexity index is 1300. The minimum absolute atomic E-state index is 0.00772. The molecule has 0 bridgehead atoms. The number of amides is 1. The monoisotopic (exact) mass is 509 g/mol. The summed E-state index contributed by atoms with van der Waals surface area (Å²) >= 11 is 0. The molecule has 1 amide bonds. The highest BCUT2D eigenvalue weighted by atomic mass is 19.4. The van der Waals surface area contributed by atoms with Crippen LogP contribution in [0.15, 0.2) is 48.7 Å². The second-order valence-corrected chi connectivity index (χ2v) is 9.30. The quantitative estimate of drug-likeness (QED) is 0.511. The van der Waals surface area contributed by atoms with E-state index in [0.717, 1.165) is 16.5 Å². The van der Waals surface area contributed by atoms with Crippen LogP contribution in [0.5, 0.6) is 0 Å². The number of aromatic amines is 1. The van der Waals surface area contributed by atoms with Crippen LogP contribution in [0.3, 0.4) is 0 Å². The Hall–Kier alpha value is -3.34. The van der Waals surface area contributed by atoms with Crippen LogP contribution in [0.4, 0.5) is 26.3 Å². The number of benzene rings is 2. The van der Waals surface area contributed by atoms with Crippen LogP contribution in [0, 0.1) is 0 Å². The topological polar surface area (TPSA) is 56.4 Å². The van der Waals surface area contributed by atoms with Crippen molar-refractivity contribution in [1.29, 1.82) is 0 Å². The Morgan fingerprint density at radius 2 is 1.64 bits per heavy atom. The van der Waals surface area contributed by atoms with Crippen molar-refractivity contribution in [3.05, 3.63) is 70.9 Å². The number of alkyl halides is 6. The number of aromatic nitrogens is 1. The highest BCUT2D eigenvalue weighted by molar-refractivity contribution is 5.95. The zero-order valence-electron chi connectivity index (χ0n) is 18.8. The first-order valence-electron chi connectivity index (χ1n) is 11.3. The van der Waals surface area contributed by atoms with Crippen LogP contribution in [-0.2, 0) is 23.6 Å². The van der Waals surface area contributed by atoms with E-state index >= 15 is 0 Å². The normalized spacial score (nSPS) is 21.3. The first-order chi connectivity index (χ1) is 16.9. The van der Waals surface area contributed by atoms with Gasteiger partial charge in [-0.25, -0.2) is 0 Å². The van der Waals surface area contributed by atoms with Crippen LogP contribution in [-0.4, -0.2) is 58.2 Å². The third kappa shape index (κ3) is 4.59. The molecule has 5 rings (SSSR count). The second-order valence-electron chi connectivity index (χ2n) is 9.30. The summed E-state index contributed by atoms with van der Waals surface area (Å²) in [6.45, 7) is 0.529. The molecule has 2 aliphatic rings. The molecule has 5 nitrogen and oxygen atoms in total. The van der Waals surface area contributed by atoms with Crippen LogP contribution >= 0.6 is 0 Å². The Balaban J connectivity index is 1.53. The lowest BCUT2D eigenvalue weighted by Gasteiger charge is -2.43. The number of rotatable bonds is 3. The lowest BCUT2D eigenvalue weighted by molar-refractivity contribution is -0.143.